The third-order valence-electron chi connectivity index (χ3n) is 2.44. The summed E-state index contributed by atoms with van der Waals surface area (Å²) in [5.41, 5.74) is 1.68. The fraction of sp³-hybridized carbons (Fsp3) is 0.0714. The predicted octanol–water partition coefficient (Wildman–Crippen LogP) is 5.85. The van der Waals surface area contributed by atoms with E-state index in [4.69, 9.17) is 51.2 Å². The lowest BCUT2D eigenvalue weighted by Crippen LogP contribution is -1.89. The van der Waals surface area contributed by atoms with Crippen LogP contribution in [-0.2, 0) is 11.4 Å². The molecular weight excluding hydrogens is 340 g/mol. The van der Waals surface area contributed by atoms with Gasteiger partial charge in [-0.15, -0.1) is 0 Å². The highest BCUT2D eigenvalue weighted by Crippen LogP contribution is 2.23. The molecule has 0 amide bonds. The Morgan fingerprint density at radius 3 is 2.15 bits per heavy atom. The Hall–Kier alpha value is -0.930. The van der Waals surface area contributed by atoms with Gasteiger partial charge in [0.1, 0.15) is 6.61 Å². The molecule has 0 N–H and O–H groups in total. The number of hydrogen-bond donors (Lipinski definition) is 0. The molecule has 2 aromatic carbocycles. The standard InChI is InChI=1S/C14H9Cl4NO/c15-11-3-1-9(5-13(11)17)7-19-20-8-10-2-4-12(16)14(18)6-10/h1-7H,8H2. The van der Waals surface area contributed by atoms with E-state index in [0.717, 1.165) is 11.1 Å². The first-order valence-electron chi connectivity index (χ1n) is 5.60. The van der Waals surface area contributed by atoms with Gasteiger partial charge in [0.2, 0.25) is 0 Å². The first-order chi connectivity index (χ1) is 9.56. The molecule has 0 radical (unpaired) electrons. The van der Waals surface area contributed by atoms with Crippen LogP contribution in [0.2, 0.25) is 20.1 Å². The minimum atomic E-state index is 0.300. The van der Waals surface area contributed by atoms with Crippen LogP contribution in [0.15, 0.2) is 41.6 Å². The van der Waals surface area contributed by atoms with Crippen molar-refractivity contribution in [2.45, 2.75) is 6.61 Å². The molecule has 2 aromatic rings. The Bertz CT molecular complexity index is 643. The van der Waals surface area contributed by atoms with E-state index < -0.39 is 0 Å². The maximum atomic E-state index is 5.90. The molecule has 0 bridgehead atoms. The zero-order chi connectivity index (χ0) is 14.5. The molecule has 0 saturated carbocycles. The van der Waals surface area contributed by atoms with Crippen LogP contribution < -0.4 is 0 Å². The van der Waals surface area contributed by atoms with Gasteiger partial charge in [-0.05, 0) is 35.4 Å². The third-order valence-corrected chi connectivity index (χ3v) is 3.91. The van der Waals surface area contributed by atoms with Crippen LogP contribution in [0.4, 0.5) is 0 Å². The summed E-state index contributed by atoms with van der Waals surface area (Å²) in [6, 6.07) is 10.5. The molecule has 0 fully saturated rings. The lowest BCUT2D eigenvalue weighted by atomic mass is 10.2. The zero-order valence-corrected chi connectivity index (χ0v) is 13.1. The van der Waals surface area contributed by atoms with Crippen LogP contribution in [0, 0.1) is 0 Å². The topological polar surface area (TPSA) is 21.6 Å². The van der Waals surface area contributed by atoms with Crippen LogP contribution in [0.5, 0.6) is 0 Å². The summed E-state index contributed by atoms with van der Waals surface area (Å²) in [7, 11) is 0. The Morgan fingerprint density at radius 2 is 1.50 bits per heavy atom. The second-order valence-corrected chi connectivity index (χ2v) is 5.56. The van der Waals surface area contributed by atoms with Gasteiger partial charge in [0.25, 0.3) is 0 Å². The van der Waals surface area contributed by atoms with Crippen molar-refractivity contribution in [3.8, 4) is 0 Å². The molecule has 2 rings (SSSR count). The maximum Gasteiger partial charge on any atom is 0.142 e. The number of rotatable bonds is 4. The Balaban J connectivity index is 1.93. The molecule has 0 saturated heterocycles. The zero-order valence-electron chi connectivity index (χ0n) is 10.1. The van der Waals surface area contributed by atoms with Crippen molar-refractivity contribution in [1.82, 2.24) is 0 Å². The fourth-order valence-corrected chi connectivity index (χ4v) is 2.06. The molecule has 2 nitrogen and oxygen atoms in total. The van der Waals surface area contributed by atoms with Crippen molar-refractivity contribution in [3.63, 3.8) is 0 Å². The molecule has 0 aliphatic rings. The Kier molecular flexibility index (Phi) is 5.55. The highest BCUT2D eigenvalue weighted by molar-refractivity contribution is 6.42. The maximum absolute atomic E-state index is 5.90. The number of oxime groups is 1. The first-order valence-corrected chi connectivity index (χ1v) is 7.12. The van der Waals surface area contributed by atoms with Crippen molar-refractivity contribution in [2.24, 2.45) is 5.16 Å². The van der Waals surface area contributed by atoms with Gasteiger partial charge in [0.15, 0.2) is 0 Å². The predicted molar refractivity (Wildman–Crippen MR) is 85.3 cm³/mol. The number of benzene rings is 2. The molecule has 104 valence electrons. The van der Waals surface area contributed by atoms with Crippen molar-refractivity contribution >= 4 is 52.6 Å². The minimum absolute atomic E-state index is 0.300. The molecule has 0 aliphatic heterocycles. The van der Waals surface area contributed by atoms with Crippen molar-refractivity contribution in [1.29, 1.82) is 0 Å². The molecule has 0 unspecified atom stereocenters. The summed E-state index contributed by atoms with van der Waals surface area (Å²) >= 11 is 23.4. The highest BCUT2D eigenvalue weighted by atomic mass is 35.5. The van der Waals surface area contributed by atoms with E-state index in [1.807, 2.05) is 6.07 Å². The quantitative estimate of drug-likeness (QED) is 0.501. The van der Waals surface area contributed by atoms with E-state index in [9.17, 15) is 0 Å². The normalized spacial score (nSPS) is 11.0. The van der Waals surface area contributed by atoms with Gasteiger partial charge < -0.3 is 4.84 Å². The third kappa shape index (κ3) is 4.29. The van der Waals surface area contributed by atoms with E-state index in [2.05, 4.69) is 5.16 Å². The summed E-state index contributed by atoms with van der Waals surface area (Å²) in [6.45, 7) is 0.300. The molecule has 0 heterocycles. The average Bonchev–Trinajstić information content (AvgIpc) is 2.42. The molecule has 0 atom stereocenters. The first kappa shape index (κ1) is 15.5. The molecule has 0 spiro atoms. The molecule has 0 aromatic heterocycles. The van der Waals surface area contributed by atoms with Gasteiger partial charge in [-0.2, -0.15) is 0 Å². The largest absolute Gasteiger partial charge is 0.391 e. The van der Waals surface area contributed by atoms with E-state index >= 15 is 0 Å². The summed E-state index contributed by atoms with van der Waals surface area (Å²) in [4.78, 5) is 5.18. The van der Waals surface area contributed by atoms with Gasteiger partial charge in [0.05, 0.1) is 26.3 Å². The summed E-state index contributed by atoms with van der Waals surface area (Å²) < 4.78 is 0. The van der Waals surface area contributed by atoms with Crippen molar-refractivity contribution in [3.05, 3.63) is 67.6 Å². The van der Waals surface area contributed by atoms with Crippen LogP contribution in [0.1, 0.15) is 11.1 Å². The van der Waals surface area contributed by atoms with Crippen LogP contribution >= 0.6 is 46.4 Å². The molecular formula is C14H9Cl4NO. The summed E-state index contributed by atoms with van der Waals surface area (Å²) in [5, 5.41) is 5.83. The van der Waals surface area contributed by atoms with Crippen molar-refractivity contribution < 1.29 is 4.84 Å². The number of halogens is 4. The fourth-order valence-electron chi connectivity index (χ4n) is 1.43. The lowest BCUT2D eigenvalue weighted by molar-refractivity contribution is 0.132. The average molecular weight is 349 g/mol. The van der Waals surface area contributed by atoms with E-state index in [1.54, 1.807) is 36.5 Å². The Labute approximate surface area is 136 Å². The van der Waals surface area contributed by atoms with Gasteiger partial charge in [-0.1, -0.05) is 63.7 Å². The monoisotopic (exact) mass is 347 g/mol. The second kappa shape index (κ2) is 7.19. The van der Waals surface area contributed by atoms with E-state index in [1.165, 1.54) is 0 Å². The highest BCUT2D eigenvalue weighted by Gasteiger charge is 2.00. The number of nitrogens with zero attached hydrogens (tertiary/aromatic N) is 1. The van der Waals surface area contributed by atoms with Crippen LogP contribution in [0.3, 0.4) is 0 Å². The summed E-state index contributed by atoms with van der Waals surface area (Å²) in [6.07, 6.45) is 1.56. The smallest absolute Gasteiger partial charge is 0.142 e. The SMILES string of the molecule is Clc1ccc(C=NOCc2ccc(Cl)c(Cl)c2)cc1Cl. The minimum Gasteiger partial charge on any atom is -0.391 e. The van der Waals surface area contributed by atoms with Gasteiger partial charge in [-0.3, -0.25) is 0 Å². The van der Waals surface area contributed by atoms with Gasteiger partial charge >= 0.3 is 0 Å². The second-order valence-electron chi connectivity index (χ2n) is 3.93. The van der Waals surface area contributed by atoms with Crippen LogP contribution in [-0.4, -0.2) is 6.21 Å². The van der Waals surface area contributed by atoms with E-state index in [0.29, 0.717) is 26.7 Å². The number of hydrogen-bond acceptors (Lipinski definition) is 2. The summed E-state index contributed by atoms with van der Waals surface area (Å²) in [5.74, 6) is 0. The Morgan fingerprint density at radius 1 is 0.850 bits per heavy atom. The van der Waals surface area contributed by atoms with Gasteiger partial charge in [-0.25, -0.2) is 0 Å². The van der Waals surface area contributed by atoms with Crippen molar-refractivity contribution in [2.75, 3.05) is 0 Å². The lowest BCUT2D eigenvalue weighted by Gasteiger charge is -2.02. The molecule has 6 heteroatoms. The molecule has 20 heavy (non-hydrogen) atoms. The van der Waals surface area contributed by atoms with Gasteiger partial charge in [0, 0.05) is 0 Å². The van der Waals surface area contributed by atoms with E-state index in [-0.39, 0.29) is 0 Å². The van der Waals surface area contributed by atoms with Crippen LogP contribution in [0.25, 0.3) is 0 Å². The molecule has 0 aliphatic carbocycles.